The second-order valence-corrected chi connectivity index (χ2v) is 5.59. The van der Waals surface area contributed by atoms with Gasteiger partial charge in [0.15, 0.2) is 0 Å². The minimum atomic E-state index is -0.797. The molecule has 0 aromatic heterocycles. The fourth-order valence-electron chi connectivity index (χ4n) is 2.52. The Morgan fingerprint density at radius 1 is 1.18 bits per heavy atom. The highest BCUT2D eigenvalue weighted by atomic mass is 16.4. The number of rotatable bonds is 6. The summed E-state index contributed by atoms with van der Waals surface area (Å²) in [6.45, 7) is 5.40. The van der Waals surface area contributed by atoms with Crippen molar-refractivity contribution in [3.05, 3.63) is 35.9 Å². The smallest absolute Gasteiger partial charge is 0.320 e. The molecule has 2 N–H and O–H groups in total. The highest BCUT2D eigenvalue weighted by molar-refractivity contribution is 5.78. The number of amides is 1. The fraction of sp³-hybridized carbons (Fsp3) is 0.500. The summed E-state index contributed by atoms with van der Waals surface area (Å²) in [6.07, 6.45) is 0. The molecule has 22 heavy (non-hydrogen) atoms. The number of carboxylic acids is 1. The monoisotopic (exact) mass is 305 g/mol. The molecule has 0 saturated carbocycles. The minimum Gasteiger partial charge on any atom is -0.480 e. The first-order valence-electron chi connectivity index (χ1n) is 7.56. The zero-order chi connectivity index (χ0) is 15.9. The predicted molar refractivity (Wildman–Crippen MR) is 83.4 cm³/mol. The number of nitrogens with zero attached hydrogens (tertiary/aromatic N) is 2. The van der Waals surface area contributed by atoms with Gasteiger partial charge < -0.3 is 10.4 Å². The van der Waals surface area contributed by atoms with Gasteiger partial charge in [0.1, 0.15) is 6.04 Å². The fourth-order valence-corrected chi connectivity index (χ4v) is 2.52. The van der Waals surface area contributed by atoms with Crippen LogP contribution in [0.5, 0.6) is 0 Å². The quantitative estimate of drug-likeness (QED) is 0.795. The van der Waals surface area contributed by atoms with Crippen molar-refractivity contribution in [3.8, 4) is 0 Å². The van der Waals surface area contributed by atoms with Crippen LogP contribution in [0.3, 0.4) is 0 Å². The predicted octanol–water partition coefficient (Wildman–Crippen LogP) is 0.394. The van der Waals surface area contributed by atoms with E-state index in [-0.39, 0.29) is 5.91 Å². The lowest BCUT2D eigenvalue weighted by Crippen LogP contribution is -2.53. The van der Waals surface area contributed by atoms with E-state index in [1.165, 1.54) is 0 Å². The first kappa shape index (κ1) is 16.5. The second kappa shape index (κ2) is 7.91. The number of hydrogen-bond donors (Lipinski definition) is 2. The van der Waals surface area contributed by atoms with Crippen LogP contribution in [0.15, 0.2) is 30.3 Å². The van der Waals surface area contributed by atoms with E-state index >= 15 is 0 Å². The summed E-state index contributed by atoms with van der Waals surface area (Å²) in [4.78, 5) is 26.9. The van der Waals surface area contributed by atoms with Crippen LogP contribution in [0.2, 0.25) is 0 Å². The number of carboxylic acid groups (broad SMARTS) is 1. The third-order valence-electron chi connectivity index (χ3n) is 4.01. The molecule has 0 spiro atoms. The molecule has 0 aliphatic carbocycles. The van der Waals surface area contributed by atoms with Gasteiger partial charge in [-0.3, -0.25) is 19.4 Å². The summed E-state index contributed by atoms with van der Waals surface area (Å²) in [6, 6.07) is 9.34. The molecule has 120 valence electrons. The summed E-state index contributed by atoms with van der Waals surface area (Å²) in [7, 11) is 0. The molecule has 1 unspecified atom stereocenters. The van der Waals surface area contributed by atoms with Crippen molar-refractivity contribution in [3.63, 3.8) is 0 Å². The maximum absolute atomic E-state index is 11.9. The van der Waals surface area contributed by atoms with E-state index in [0.29, 0.717) is 26.2 Å². The van der Waals surface area contributed by atoms with E-state index < -0.39 is 12.0 Å². The van der Waals surface area contributed by atoms with Gasteiger partial charge >= 0.3 is 5.97 Å². The lowest BCUT2D eigenvalue weighted by atomic mass is 10.2. The molecule has 6 nitrogen and oxygen atoms in total. The van der Waals surface area contributed by atoms with Gasteiger partial charge in [-0.25, -0.2) is 0 Å². The maximum Gasteiger partial charge on any atom is 0.320 e. The van der Waals surface area contributed by atoms with Crippen LogP contribution in [-0.4, -0.2) is 65.5 Å². The molecule has 1 atom stereocenters. The molecular formula is C16H23N3O3. The number of hydrogen-bond acceptors (Lipinski definition) is 4. The molecule has 1 aromatic carbocycles. The molecule has 1 aromatic rings. The molecule has 1 fully saturated rings. The Labute approximate surface area is 130 Å². The van der Waals surface area contributed by atoms with Gasteiger partial charge in [0.05, 0.1) is 6.54 Å². The summed E-state index contributed by atoms with van der Waals surface area (Å²) in [5.74, 6) is -0.794. The van der Waals surface area contributed by atoms with Crippen molar-refractivity contribution < 1.29 is 14.7 Å². The lowest BCUT2D eigenvalue weighted by Gasteiger charge is -2.36. The SMILES string of the molecule is CC(C(=O)O)N1CCN(CC(=O)NCc2ccccc2)CC1. The molecule has 1 amide bonds. The normalized spacial score (nSPS) is 17.9. The van der Waals surface area contributed by atoms with E-state index in [4.69, 9.17) is 5.11 Å². The van der Waals surface area contributed by atoms with Gasteiger partial charge in [0, 0.05) is 32.7 Å². The lowest BCUT2D eigenvalue weighted by molar-refractivity contribution is -0.143. The van der Waals surface area contributed by atoms with Gasteiger partial charge in [0.25, 0.3) is 0 Å². The van der Waals surface area contributed by atoms with Crippen molar-refractivity contribution in [2.45, 2.75) is 19.5 Å². The van der Waals surface area contributed by atoms with Crippen LogP contribution in [0, 0.1) is 0 Å². The molecular weight excluding hydrogens is 282 g/mol. The number of carbonyl (C=O) groups excluding carboxylic acids is 1. The molecule has 6 heteroatoms. The van der Waals surface area contributed by atoms with Gasteiger partial charge in [-0.1, -0.05) is 30.3 Å². The molecule has 2 rings (SSSR count). The van der Waals surface area contributed by atoms with Gasteiger partial charge in [-0.05, 0) is 12.5 Å². The largest absolute Gasteiger partial charge is 0.480 e. The molecule has 0 bridgehead atoms. The molecule has 1 heterocycles. The van der Waals surface area contributed by atoms with E-state index in [1.54, 1.807) is 6.92 Å². The Morgan fingerprint density at radius 2 is 1.82 bits per heavy atom. The number of carbonyl (C=O) groups is 2. The van der Waals surface area contributed by atoms with Crippen LogP contribution in [0.4, 0.5) is 0 Å². The van der Waals surface area contributed by atoms with Gasteiger partial charge in [-0.15, -0.1) is 0 Å². The summed E-state index contributed by atoms with van der Waals surface area (Å²) in [5, 5.41) is 11.9. The van der Waals surface area contributed by atoms with Crippen molar-refractivity contribution >= 4 is 11.9 Å². The van der Waals surface area contributed by atoms with Crippen LogP contribution in [-0.2, 0) is 16.1 Å². The van der Waals surface area contributed by atoms with Gasteiger partial charge in [-0.2, -0.15) is 0 Å². The van der Waals surface area contributed by atoms with E-state index in [9.17, 15) is 9.59 Å². The number of nitrogens with one attached hydrogen (secondary N) is 1. The topological polar surface area (TPSA) is 72.9 Å². The zero-order valence-corrected chi connectivity index (χ0v) is 12.9. The van der Waals surface area contributed by atoms with E-state index in [0.717, 1.165) is 18.7 Å². The van der Waals surface area contributed by atoms with Crippen LogP contribution < -0.4 is 5.32 Å². The molecule has 0 radical (unpaired) electrons. The Bertz CT molecular complexity index is 499. The highest BCUT2D eigenvalue weighted by Gasteiger charge is 2.25. The first-order valence-corrected chi connectivity index (χ1v) is 7.56. The van der Waals surface area contributed by atoms with Crippen molar-refractivity contribution in [1.29, 1.82) is 0 Å². The standard InChI is InChI=1S/C16H23N3O3/c1-13(16(21)22)19-9-7-18(8-10-19)12-15(20)17-11-14-5-3-2-4-6-14/h2-6,13H,7-12H2,1H3,(H,17,20)(H,21,22). The molecule has 1 aliphatic rings. The minimum absolute atomic E-state index is 0.00332. The maximum atomic E-state index is 11.9. The van der Waals surface area contributed by atoms with Crippen molar-refractivity contribution in [1.82, 2.24) is 15.1 Å². The van der Waals surface area contributed by atoms with E-state index in [2.05, 4.69) is 10.2 Å². The average molecular weight is 305 g/mol. The third kappa shape index (κ3) is 4.82. The Kier molecular flexibility index (Phi) is 5.91. The summed E-state index contributed by atoms with van der Waals surface area (Å²) < 4.78 is 0. The van der Waals surface area contributed by atoms with Crippen LogP contribution in [0.25, 0.3) is 0 Å². The molecule has 1 aliphatic heterocycles. The molecule has 1 saturated heterocycles. The second-order valence-electron chi connectivity index (χ2n) is 5.59. The number of aliphatic carboxylic acids is 1. The van der Waals surface area contributed by atoms with E-state index in [1.807, 2.05) is 35.2 Å². The van der Waals surface area contributed by atoms with Crippen molar-refractivity contribution in [2.75, 3.05) is 32.7 Å². The van der Waals surface area contributed by atoms with Crippen molar-refractivity contribution in [2.24, 2.45) is 0 Å². The number of benzene rings is 1. The zero-order valence-electron chi connectivity index (χ0n) is 12.9. The van der Waals surface area contributed by atoms with Gasteiger partial charge in [0.2, 0.25) is 5.91 Å². The highest BCUT2D eigenvalue weighted by Crippen LogP contribution is 2.06. The first-order chi connectivity index (χ1) is 10.6. The summed E-state index contributed by atoms with van der Waals surface area (Å²) in [5.41, 5.74) is 1.08. The number of piperazine rings is 1. The Morgan fingerprint density at radius 3 is 2.41 bits per heavy atom. The third-order valence-corrected chi connectivity index (χ3v) is 4.01. The van der Waals surface area contributed by atoms with Crippen LogP contribution in [0.1, 0.15) is 12.5 Å². The average Bonchev–Trinajstić information content (AvgIpc) is 2.54. The summed E-state index contributed by atoms with van der Waals surface area (Å²) >= 11 is 0. The Hall–Kier alpha value is -1.92. The van der Waals surface area contributed by atoms with Crippen LogP contribution >= 0.6 is 0 Å². The Balaban J connectivity index is 1.69.